The largest absolute Gasteiger partial charge is 0.317 e. The molecule has 3 nitrogen and oxygen atoms in total. The smallest absolute Gasteiger partial charge is 0.148 e. The number of rotatable bonds is 6. The quantitative estimate of drug-likeness (QED) is 0.813. The van der Waals surface area contributed by atoms with Crippen molar-refractivity contribution >= 4 is 27.3 Å². The van der Waals surface area contributed by atoms with Gasteiger partial charge in [0.25, 0.3) is 0 Å². The van der Waals surface area contributed by atoms with E-state index in [1.165, 1.54) is 11.1 Å². The standard InChI is InChI=1S/C14H18BrN3S/c1-3-16-8-4-5-13-17-18-14(19-13)12-7-6-11(15)9-10(12)2/h6-7,9,16H,3-5,8H2,1-2H3. The van der Waals surface area contributed by atoms with Gasteiger partial charge < -0.3 is 5.32 Å². The Labute approximate surface area is 126 Å². The van der Waals surface area contributed by atoms with E-state index in [2.05, 4.69) is 63.5 Å². The number of nitrogens with zero attached hydrogens (tertiary/aromatic N) is 2. The Morgan fingerprint density at radius 1 is 1.32 bits per heavy atom. The molecule has 0 saturated heterocycles. The molecule has 102 valence electrons. The van der Waals surface area contributed by atoms with Gasteiger partial charge in [0.15, 0.2) is 0 Å². The number of hydrogen-bond acceptors (Lipinski definition) is 4. The number of nitrogens with one attached hydrogen (secondary N) is 1. The highest BCUT2D eigenvalue weighted by Gasteiger charge is 2.09. The zero-order chi connectivity index (χ0) is 13.7. The monoisotopic (exact) mass is 339 g/mol. The fourth-order valence-electron chi connectivity index (χ4n) is 1.87. The molecule has 1 N–H and O–H groups in total. The molecule has 0 spiro atoms. The van der Waals surface area contributed by atoms with Crippen molar-refractivity contribution < 1.29 is 0 Å². The van der Waals surface area contributed by atoms with Crippen LogP contribution in [0.5, 0.6) is 0 Å². The predicted molar refractivity (Wildman–Crippen MR) is 84.6 cm³/mol. The van der Waals surface area contributed by atoms with Gasteiger partial charge in [-0.15, -0.1) is 10.2 Å². The van der Waals surface area contributed by atoms with Crippen LogP contribution in [-0.2, 0) is 6.42 Å². The van der Waals surface area contributed by atoms with Crippen LogP contribution in [0.3, 0.4) is 0 Å². The molecule has 2 aromatic rings. The van der Waals surface area contributed by atoms with E-state index in [4.69, 9.17) is 0 Å². The second-order valence-corrected chi connectivity index (χ2v) is 6.40. The maximum Gasteiger partial charge on any atom is 0.148 e. The van der Waals surface area contributed by atoms with Crippen LogP contribution in [0.15, 0.2) is 22.7 Å². The van der Waals surface area contributed by atoms with Crippen molar-refractivity contribution in [3.8, 4) is 10.6 Å². The Hall–Kier alpha value is -0.780. The zero-order valence-electron chi connectivity index (χ0n) is 11.2. The second-order valence-electron chi connectivity index (χ2n) is 4.42. The van der Waals surface area contributed by atoms with Gasteiger partial charge in [-0.1, -0.05) is 40.3 Å². The van der Waals surface area contributed by atoms with Crippen LogP contribution in [0.25, 0.3) is 10.6 Å². The minimum absolute atomic E-state index is 1.00. The van der Waals surface area contributed by atoms with Crippen LogP contribution in [-0.4, -0.2) is 23.3 Å². The van der Waals surface area contributed by atoms with E-state index < -0.39 is 0 Å². The van der Waals surface area contributed by atoms with E-state index in [-0.39, 0.29) is 0 Å². The summed E-state index contributed by atoms with van der Waals surface area (Å²) < 4.78 is 1.10. The van der Waals surface area contributed by atoms with E-state index >= 15 is 0 Å². The molecule has 0 amide bonds. The minimum Gasteiger partial charge on any atom is -0.317 e. The Morgan fingerprint density at radius 3 is 2.89 bits per heavy atom. The number of aryl methyl sites for hydroxylation is 2. The molecule has 19 heavy (non-hydrogen) atoms. The van der Waals surface area contributed by atoms with Gasteiger partial charge in [0.05, 0.1) is 0 Å². The summed E-state index contributed by atoms with van der Waals surface area (Å²) in [5.74, 6) is 0. The summed E-state index contributed by atoms with van der Waals surface area (Å²) in [6, 6.07) is 6.26. The lowest BCUT2D eigenvalue weighted by molar-refractivity contribution is 0.669. The molecule has 0 atom stereocenters. The van der Waals surface area contributed by atoms with Gasteiger partial charge >= 0.3 is 0 Å². The van der Waals surface area contributed by atoms with Crippen molar-refractivity contribution in [1.29, 1.82) is 0 Å². The molecule has 0 aliphatic heterocycles. The highest BCUT2D eigenvalue weighted by molar-refractivity contribution is 9.10. The van der Waals surface area contributed by atoms with E-state index in [0.717, 1.165) is 40.4 Å². The molecule has 5 heteroatoms. The Morgan fingerprint density at radius 2 is 2.16 bits per heavy atom. The Kier molecular flexibility index (Phi) is 5.48. The minimum atomic E-state index is 1.00. The lowest BCUT2D eigenvalue weighted by Crippen LogP contribution is -2.14. The van der Waals surface area contributed by atoms with Crippen LogP contribution in [0, 0.1) is 6.92 Å². The summed E-state index contributed by atoms with van der Waals surface area (Å²) in [6.45, 7) is 6.30. The third kappa shape index (κ3) is 4.09. The van der Waals surface area contributed by atoms with Crippen LogP contribution in [0.2, 0.25) is 0 Å². The average Bonchev–Trinajstić information content (AvgIpc) is 2.83. The van der Waals surface area contributed by atoms with Gasteiger partial charge in [-0.3, -0.25) is 0 Å². The number of aromatic nitrogens is 2. The summed E-state index contributed by atoms with van der Waals surface area (Å²) in [6.07, 6.45) is 2.11. The van der Waals surface area contributed by atoms with Crippen molar-refractivity contribution in [2.24, 2.45) is 0 Å². The fourth-order valence-corrected chi connectivity index (χ4v) is 3.32. The van der Waals surface area contributed by atoms with Crippen LogP contribution in [0.4, 0.5) is 0 Å². The molecular formula is C14H18BrN3S. The van der Waals surface area contributed by atoms with Gasteiger partial charge in [0.2, 0.25) is 0 Å². The zero-order valence-corrected chi connectivity index (χ0v) is 13.6. The van der Waals surface area contributed by atoms with E-state index in [1.807, 2.05) is 0 Å². The lowest BCUT2D eigenvalue weighted by atomic mass is 10.1. The predicted octanol–water partition coefficient (Wildman–Crippen LogP) is 3.82. The van der Waals surface area contributed by atoms with Crippen LogP contribution >= 0.6 is 27.3 Å². The van der Waals surface area contributed by atoms with Crippen molar-refractivity contribution in [2.45, 2.75) is 26.7 Å². The summed E-state index contributed by atoms with van der Waals surface area (Å²) in [4.78, 5) is 0. The maximum absolute atomic E-state index is 4.31. The molecule has 0 saturated carbocycles. The van der Waals surface area contributed by atoms with E-state index in [0.29, 0.717) is 0 Å². The molecule has 0 aliphatic carbocycles. The first-order chi connectivity index (χ1) is 9.20. The average molecular weight is 340 g/mol. The van der Waals surface area contributed by atoms with Gasteiger partial charge in [-0.25, -0.2) is 0 Å². The number of benzene rings is 1. The topological polar surface area (TPSA) is 37.8 Å². The summed E-state index contributed by atoms with van der Waals surface area (Å²) in [7, 11) is 0. The maximum atomic E-state index is 4.31. The summed E-state index contributed by atoms with van der Waals surface area (Å²) >= 11 is 5.18. The number of hydrogen-bond donors (Lipinski definition) is 1. The van der Waals surface area contributed by atoms with Gasteiger partial charge in [-0.05, 0) is 44.1 Å². The van der Waals surface area contributed by atoms with Crippen molar-refractivity contribution in [3.05, 3.63) is 33.2 Å². The fraction of sp³-hybridized carbons (Fsp3) is 0.429. The highest BCUT2D eigenvalue weighted by atomic mass is 79.9. The third-order valence-corrected chi connectivity index (χ3v) is 4.39. The Balaban J connectivity index is 2.04. The first-order valence-electron chi connectivity index (χ1n) is 6.50. The van der Waals surface area contributed by atoms with Gasteiger partial charge in [0.1, 0.15) is 10.0 Å². The molecule has 0 bridgehead atoms. The van der Waals surface area contributed by atoms with E-state index in [9.17, 15) is 0 Å². The molecule has 0 fully saturated rings. The third-order valence-electron chi connectivity index (χ3n) is 2.88. The van der Waals surface area contributed by atoms with Crippen molar-refractivity contribution in [2.75, 3.05) is 13.1 Å². The SMILES string of the molecule is CCNCCCc1nnc(-c2ccc(Br)cc2C)s1. The molecule has 0 radical (unpaired) electrons. The second kappa shape index (κ2) is 7.12. The molecular weight excluding hydrogens is 322 g/mol. The molecule has 0 aliphatic rings. The van der Waals surface area contributed by atoms with Crippen LogP contribution < -0.4 is 5.32 Å². The molecule has 0 unspecified atom stereocenters. The molecule has 2 rings (SSSR count). The van der Waals surface area contributed by atoms with Gasteiger partial charge in [0, 0.05) is 16.5 Å². The first kappa shape index (κ1) is 14.6. The lowest BCUT2D eigenvalue weighted by Gasteiger charge is -2.01. The Bertz CT molecular complexity index is 539. The molecule has 1 aromatic carbocycles. The summed E-state index contributed by atoms with van der Waals surface area (Å²) in [5, 5.41) is 14.1. The molecule has 1 heterocycles. The molecule has 1 aromatic heterocycles. The van der Waals surface area contributed by atoms with Crippen molar-refractivity contribution in [3.63, 3.8) is 0 Å². The van der Waals surface area contributed by atoms with E-state index in [1.54, 1.807) is 11.3 Å². The van der Waals surface area contributed by atoms with Crippen LogP contribution in [0.1, 0.15) is 23.9 Å². The normalized spacial score (nSPS) is 10.9. The number of halogens is 1. The summed E-state index contributed by atoms with van der Waals surface area (Å²) in [5.41, 5.74) is 2.41. The highest BCUT2D eigenvalue weighted by Crippen LogP contribution is 2.28. The van der Waals surface area contributed by atoms with Gasteiger partial charge in [-0.2, -0.15) is 0 Å². The van der Waals surface area contributed by atoms with Crippen molar-refractivity contribution in [1.82, 2.24) is 15.5 Å². The first-order valence-corrected chi connectivity index (χ1v) is 8.11.